The molecule has 1 aromatic rings. The third kappa shape index (κ3) is 6.78. The number of carbonyl (C=O) groups is 2. The quantitative estimate of drug-likeness (QED) is 0.600. The predicted molar refractivity (Wildman–Crippen MR) is 110 cm³/mol. The van der Waals surface area contributed by atoms with Gasteiger partial charge in [0.05, 0.1) is 12.1 Å². The van der Waals surface area contributed by atoms with E-state index in [1.165, 1.54) is 31.4 Å². The van der Waals surface area contributed by atoms with E-state index in [0.717, 1.165) is 12.8 Å². The van der Waals surface area contributed by atoms with Crippen molar-refractivity contribution in [1.29, 1.82) is 0 Å². The number of rotatable bonds is 10. The lowest BCUT2D eigenvalue weighted by Gasteiger charge is -2.36. The van der Waals surface area contributed by atoms with E-state index < -0.39 is 11.7 Å². The van der Waals surface area contributed by atoms with E-state index >= 15 is 0 Å². The highest BCUT2D eigenvalue weighted by molar-refractivity contribution is 5.98. The van der Waals surface area contributed by atoms with Crippen LogP contribution < -0.4 is 16.0 Å². The normalized spacial score (nSPS) is 16.0. The van der Waals surface area contributed by atoms with Crippen molar-refractivity contribution in [1.82, 2.24) is 10.2 Å². The maximum Gasteiger partial charge on any atom is 0.250 e. The maximum absolute atomic E-state index is 13.4. The lowest BCUT2D eigenvalue weighted by atomic mass is 10.1. The molecule has 0 aromatic heterocycles. The summed E-state index contributed by atoms with van der Waals surface area (Å²) in [6.07, 6.45) is 5.84. The minimum Gasteiger partial charge on any atom is -0.368 e. The van der Waals surface area contributed by atoms with Crippen LogP contribution in [0, 0.1) is 5.82 Å². The van der Waals surface area contributed by atoms with Crippen LogP contribution in [0.4, 0.5) is 10.1 Å². The second-order valence-electron chi connectivity index (χ2n) is 7.61. The van der Waals surface area contributed by atoms with E-state index in [-0.39, 0.29) is 17.5 Å². The largest absolute Gasteiger partial charge is 0.368 e. The number of carbonyl (C=O) groups excluding carboxylic acids is 2. The van der Waals surface area contributed by atoms with Crippen molar-refractivity contribution in [3.05, 3.63) is 29.6 Å². The molecule has 1 aliphatic rings. The van der Waals surface area contributed by atoms with Gasteiger partial charge in [-0.15, -0.1) is 0 Å². The Morgan fingerprint density at radius 1 is 1.18 bits per heavy atom. The van der Waals surface area contributed by atoms with Gasteiger partial charge in [-0.25, -0.2) is 4.39 Å². The molecule has 0 radical (unpaired) electrons. The molecule has 0 spiro atoms. The second-order valence-corrected chi connectivity index (χ2v) is 7.61. The summed E-state index contributed by atoms with van der Waals surface area (Å²) in [7, 11) is 0. The van der Waals surface area contributed by atoms with Gasteiger partial charge in [-0.05, 0) is 31.5 Å². The summed E-state index contributed by atoms with van der Waals surface area (Å²) in [6, 6.07) is 4.31. The predicted octanol–water partition coefficient (Wildman–Crippen LogP) is 2.52. The number of nitrogens with zero attached hydrogens (tertiary/aromatic N) is 2. The molecule has 1 aliphatic heterocycles. The zero-order chi connectivity index (χ0) is 20.5. The van der Waals surface area contributed by atoms with Crippen LogP contribution in [0.2, 0.25) is 0 Å². The number of hydrogen-bond donors (Lipinski definition) is 2. The first kappa shape index (κ1) is 22.1. The Balaban J connectivity index is 1.78. The number of benzene rings is 1. The fraction of sp³-hybridized carbons (Fsp3) is 0.619. The highest BCUT2D eigenvalue weighted by atomic mass is 19.1. The molecule has 0 saturated carbocycles. The summed E-state index contributed by atoms with van der Waals surface area (Å²) < 4.78 is 13.4. The van der Waals surface area contributed by atoms with Crippen LogP contribution in [0.5, 0.6) is 0 Å². The Hall–Kier alpha value is -2.15. The first-order valence-corrected chi connectivity index (χ1v) is 10.3. The molecule has 156 valence electrons. The number of nitrogens with one attached hydrogen (secondary N) is 1. The molecule has 2 amide bonds. The minimum absolute atomic E-state index is 0.0519. The van der Waals surface area contributed by atoms with E-state index in [1.807, 2.05) is 4.90 Å². The number of halogens is 1. The summed E-state index contributed by atoms with van der Waals surface area (Å²) in [5.41, 5.74) is 6.23. The number of hydrogen-bond acceptors (Lipinski definition) is 4. The van der Waals surface area contributed by atoms with Crippen molar-refractivity contribution in [3.63, 3.8) is 0 Å². The first-order chi connectivity index (χ1) is 13.4. The van der Waals surface area contributed by atoms with Gasteiger partial charge in [0, 0.05) is 37.9 Å². The summed E-state index contributed by atoms with van der Waals surface area (Å²) >= 11 is 0. The Bertz CT molecular complexity index is 660. The molecular weight excluding hydrogens is 359 g/mol. The smallest absolute Gasteiger partial charge is 0.250 e. The zero-order valence-corrected chi connectivity index (χ0v) is 17.0. The van der Waals surface area contributed by atoms with E-state index in [2.05, 4.69) is 24.1 Å². The standard InChI is InChI=1S/C21H33FN4O2/c1-3-4-5-6-7-16(2)24-20(27)15-25-10-12-26(13-11-25)19-9-8-17(22)14-18(19)21(23)28/h8-9,14,16H,3-7,10-13,15H2,1-2H3,(H2,23,28)(H,24,27). The van der Waals surface area contributed by atoms with Crippen LogP contribution in [0.1, 0.15) is 56.3 Å². The van der Waals surface area contributed by atoms with Gasteiger partial charge < -0.3 is 16.0 Å². The highest BCUT2D eigenvalue weighted by Crippen LogP contribution is 2.22. The average Bonchev–Trinajstić information content (AvgIpc) is 2.66. The fourth-order valence-electron chi connectivity index (χ4n) is 3.60. The van der Waals surface area contributed by atoms with Crippen molar-refractivity contribution < 1.29 is 14.0 Å². The average molecular weight is 393 g/mol. The second kappa shape index (κ2) is 11.0. The molecule has 6 nitrogen and oxygen atoms in total. The molecule has 0 bridgehead atoms. The van der Waals surface area contributed by atoms with E-state index in [1.54, 1.807) is 6.07 Å². The van der Waals surface area contributed by atoms with E-state index in [4.69, 9.17) is 5.73 Å². The molecule has 0 aliphatic carbocycles. The lowest BCUT2D eigenvalue weighted by Crippen LogP contribution is -2.50. The Morgan fingerprint density at radius 2 is 1.89 bits per heavy atom. The monoisotopic (exact) mass is 392 g/mol. The summed E-state index contributed by atoms with van der Waals surface area (Å²) in [5, 5.41) is 3.08. The Kier molecular flexibility index (Phi) is 8.70. The van der Waals surface area contributed by atoms with Gasteiger partial charge in [-0.2, -0.15) is 0 Å². The van der Waals surface area contributed by atoms with Crippen molar-refractivity contribution in [2.45, 2.75) is 52.0 Å². The molecular formula is C21H33FN4O2. The highest BCUT2D eigenvalue weighted by Gasteiger charge is 2.22. The molecule has 3 N–H and O–H groups in total. The van der Waals surface area contributed by atoms with Crippen LogP contribution in [-0.2, 0) is 4.79 Å². The Labute approximate surface area is 167 Å². The maximum atomic E-state index is 13.4. The topological polar surface area (TPSA) is 78.7 Å². The van der Waals surface area contributed by atoms with E-state index in [0.29, 0.717) is 38.4 Å². The van der Waals surface area contributed by atoms with Gasteiger partial charge in [0.2, 0.25) is 5.91 Å². The SMILES string of the molecule is CCCCCCC(C)NC(=O)CN1CCN(c2ccc(F)cc2C(N)=O)CC1. The van der Waals surface area contributed by atoms with Gasteiger partial charge >= 0.3 is 0 Å². The van der Waals surface area contributed by atoms with Gasteiger partial charge in [0.15, 0.2) is 0 Å². The van der Waals surface area contributed by atoms with Crippen molar-refractivity contribution in [2.24, 2.45) is 5.73 Å². The van der Waals surface area contributed by atoms with Gasteiger partial charge in [-0.3, -0.25) is 14.5 Å². The summed E-state index contributed by atoms with van der Waals surface area (Å²) in [4.78, 5) is 28.0. The molecule has 1 fully saturated rings. The van der Waals surface area contributed by atoms with Gasteiger partial charge in [0.25, 0.3) is 5.91 Å². The van der Waals surface area contributed by atoms with Crippen LogP contribution in [0.3, 0.4) is 0 Å². The third-order valence-electron chi connectivity index (χ3n) is 5.20. The minimum atomic E-state index is -0.635. The molecule has 7 heteroatoms. The number of unbranched alkanes of at least 4 members (excludes halogenated alkanes) is 3. The molecule has 1 heterocycles. The van der Waals surface area contributed by atoms with Crippen LogP contribution >= 0.6 is 0 Å². The lowest BCUT2D eigenvalue weighted by molar-refractivity contribution is -0.123. The van der Waals surface area contributed by atoms with Crippen LogP contribution in [0.25, 0.3) is 0 Å². The molecule has 1 saturated heterocycles. The Morgan fingerprint density at radius 3 is 2.54 bits per heavy atom. The summed E-state index contributed by atoms with van der Waals surface area (Å²) in [5.74, 6) is -1.06. The van der Waals surface area contributed by atoms with Crippen molar-refractivity contribution in [3.8, 4) is 0 Å². The van der Waals surface area contributed by atoms with Crippen molar-refractivity contribution >= 4 is 17.5 Å². The third-order valence-corrected chi connectivity index (χ3v) is 5.20. The number of amides is 2. The number of piperazine rings is 1. The molecule has 1 unspecified atom stereocenters. The molecule has 1 aromatic carbocycles. The first-order valence-electron chi connectivity index (χ1n) is 10.3. The van der Waals surface area contributed by atoms with Crippen molar-refractivity contribution in [2.75, 3.05) is 37.6 Å². The number of primary amides is 1. The fourth-order valence-corrected chi connectivity index (χ4v) is 3.60. The van der Waals surface area contributed by atoms with Crippen LogP contribution in [0.15, 0.2) is 18.2 Å². The molecule has 1 atom stereocenters. The van der Waals surface area contributed by atoms with Gasteiger partial charge in [0.1, 0.15) is 5.82 Å². The zero-order valence-electron chi connectivity index (χ0n) is 17.0. The molecule has 28 heavy (non-hydrogen) atoms. The van der Waals surface area contributed by atoms with Gasteiger partial charge in [-0.1, -0.05) is 32.6 Å². The molecule has 2 rings (SSSR count). The van der Waals surface area contributed by atoms with E-state index in [9.17, 15) is 14.0 Å². The summed E-state index contributed by atoms with van der Waals surface area (Å²) in [6.45, 7) is 7.34. The number of anilines is 1. The number of nitrogens with two attached hydrogens (primary N) is 1. The van der Waals surface area contributed by atoms with Crippen LogP contribution in [-0.4, -0.2) is 55.5 Å².